The highest BCUT2D eigenvalue weighted by Crippen LogP contribution is 2.27. The topological polar surface area (TPSA) is 93.4 Å². The van der Waals surface area contributed by atoms with Gasteiger partial charge in [-0.1, -0.05) is 38.1 Å². The van der Waals surface area contributed by atoms with Crippen molar-refractivity contribution in [3.63, 3.8) is 0 Å². The fraction of sp³-hybridized carbons (Fsp3) is 0.333. The number of nitrogens with two attached hydrogens (primary N) is 1. The molecular formula is C21H28ClN3O3. The molecule has 2 rings (SSSR count). The van der Waals surface area contributed by atoms with Crippen LogP contribution in [0.4, 0.5) is 5.69 Å². The quantitative estimate of drug-likeness (QED) is 0.628. The predicted molar refractivity (Wildman–Crippen MR) is 114 cm³/mol. The van der Waals surface area contributed by atoms with Gasteiger partial charge in [-0.05, 0) is 42.2 Å². The average molecular weight is 406 g/mol. The lowest BCUT2D eigenvalue weighted by Gasteiger charge is -2.15. The third-order valence-corrected chi connectivity index (χ3v) is 4.03. The molecule has 2 aromatic rings. The molecule has 0 bridgehead atoms. The summed E-state index contributed by atoms with van der Waals surface area (Å²) in [5.74, 6) is 0.382. The highest BCUT2D eigenvalue weighted by atomic mass is 35.5. The number of carbonyl (C=O) groups is 2. The van der Waals surface area contributed by atoms with Gasteiger partial charge in [-0.2, -0.15) is 0 Å². The smallest absolute Gasteiger partial charge is 0.262 e. The number of rotatable bonds is 8. The van der Waals surface area contributed by atoms with E-state index < -0.39 is 0 Å². The molecule has 0 atom stereocenters. The largest absolute Gasteiger partial charge is 0.483 e. The Balaban J connectivity index is 0.00000392. The van der Waals surface area contributed by atoms with Crippen molar-refractivity contribution >= 4 is 29.9 Å². The number of amides is 2. The molecule has 0 aliphatic rings. The lowest BCUT2D eigenvalue weighted by molar-refractivity contribution is -0.118. The van der Waals surface area contributed by atoms with Crippen molar-refractivity contribution in [3.8, 4) is 5.75 Å². The minimum absolute atomic E-state index is 0. The van der Waals surface area contributed by atoms with E-state index in [0.717, 1.165) is 11.1 Å². The molecule has 0 aromatic heterocycles. The van der Waals surface area contributed by atoms with Crippen LogP contribution in [0.1, 0.15) is 41.3 Å². The fourth-order valence-corrected chi connectivity index (χ4v) is 2.64. The van der Waals surface area contributed by atoms with Gasteiger partial charge >= 0.3 is 0 Å². The van der Waals surface area contributed by atoms with E-state index in [2.05, 4.69) is 24.5 Å². The average Bonchev–Trinajstić information content (AvgIpc) is 2.64. The third-order valence-electron chi connectivity index (χ3n) is 4.03. The molecule has 2 amide bonds. The van der Waals surface area contributed by atoms with Gasteiger partial charge < -0.3 is 21.1 Å². The Morgan fingerprint density at radius 1 is 1.14 bits per heavy atom. The standard InChI is InChI=1S/C21H27N3O3.ClH/c1-14(2)16-9-8-15(3)12-19(16)27-13-20(25)24-18-7-5-4-6-17(18)21(26)23-11-10-22;/h4-9,12,14H,10-11,13,22H2,1-3H3,(H,23,26)(H,24,25);1H. The summed E-state index contributed by atoms with van der Waals surface area (Å²) in [5, 5.41) is 5.45. The maximum atomic E-state index is 12.4. The van der Waals surface area contributed by atoms with Crippen molar-refractivity contribution in [2.45, 2.75) is 26.7 Å². The summed E-state index contributed by atoms with van der Waals surface area (Å²) in [6, 6.07) is 12.8. The van der Waals surface area contributed by atoms with E-state index in [1.54, 1.807) is 24.3 Å². The number of carbonyl (C=O) groups excluding carboxylic acids is 2. The van der Waals surface area contributed by atoms with Crippen LogP contribution < -0.4 is 21.1 Å². The van der Waals surface area contributed by atoms with E-state index in [4.69, 9.17) is 10.5 Å². The van der Waals surface area contributed by atoms with Crippen LogP contribution in [0, 0.1) is 6.92 Å². The van der Waals surface area contributed by atoms with Crippen molar-refractivity contribution in [1.82, 2.24) is 5.32 Å². The minimum Gasteiger partial charge on any atom is -0.483 e. The summed E-state index contributed by atoms with van der Waals surface area (Å²) in [5.41, 5.74) is 8.35. The van der Waals surface area contributed by atoms with E-state index in [-0.39, 0.29) is 36.7 Å². The van der Waals surface area contributed by atoms with Gasteiger partial charge in [0.25, 0.3) is 11.8 Å². The monoisotopic (exact) mass is 405 g/mol. The molecule has 152 valence electrons. The Morgan fingerprint density at radius 3 is 2.54 bits per heavy atom. The summed E-state index contributed by atoms with van der Waals surface area (Å²) < 4.78 is 5.75. The Kier molecular flexibility index (Phi) is 9.48. The molecule has 7 heteroatoms. The number of halogens is 1. The van der Waals surface area contributed by atoms with Gasteiger partial charge in [0.15, 0.2) is 6.61 Å². The molecule has 0 unspecified atom stereocenters. The van der Waals surface area contributed by atoms with Crippen LogP contribution in [0.3, 0.4) is 0 Å². The van der Waals surface area contributed by atoms with Crippen LogP contribution in [-0.2, 0) is 4.79 Å². The first kappa shape index (κ1) is 23.5. The van der Waals surface area contributed by atoms with Crippen LogP contribution in [0.25, 0.3) is 0 Å². The first-order valence-corrected chi connectivity index (χ1v) is 9.03. The number of nitrogens with one attached hydrogen (secondary N) is 2. The molecule has 4 N–H and O–H groups in total. The van der Waals surface area contributed by atoms with Crippen LogP contribution in [0.5, 0.6) is 5.75 Å². The first-order valence-electron chi connectivity index (χ1n) is 9.03. The van der Waals surface area contributed by atoms with Crippen molar-refractivity contribution in [3.05, 3.63) is 59.2 Å². The molecule has 0 aliphatic heterocycles. The SMILES string of the molecule is Cc1ccc(C(C)C)c(OCC(=O)Nc2ccccc2C(=O)NCCN)c1.Cl. The molecule has 28 heavy (non-hydrogen) atoms. The second-order valence-electron chi connectivity index (χ2n) is 6.62. The normalized spacial score (nSPS) is 10.2. The van der Waals surface area contributed by atoms with E-state index >= 15 is 0 Å². The van der Waals surface area contributed by atoms with Crippen LogP contribution in [0.2, 0.25) is 0 Å². The summed E-state index contributed by atoms with van der Waals surface area (Å²) in [7, 11) is 0. The van der Waals surface area contributed by atoms with Crippen molar-refractivity contribution in [2.75, 3.05) is 25.0 Å². The molecule has 0 radical (unpaired) electrons. The second-order valence-corrected chi connectivity index (χ2v) is 6.62. The fourth-order valence-electron chi connectivity index (χ4n) is 2.64. The first-order chi connectivity index (χ1) is 12.9. The molecule has 2 aromatic carbocycles. The number of ether oxygens (including phenoxy) is 1. The molecule has 0 saturated carbocycles. The van der Waals surface area contributed by atoms with Crippen LogP contribution >= 0.6 is 12.4 Å². The molecule has 0 spiro atoms. The van der Waals surface area contributed by atoms with Gasteiger partial charge in [0.05, 0.1) is 11.3 Å². The van der Waals surface area contributed by atoms with Gasteiger partial charge in [0, 0.05) is 13.1 Å². The summed E-state index contributed by atoms with van der Waals surface area (Å²) in [4.78, 5) is 24.5. The zero-order chi connectivity index (χ0) is 19.8. The predicted octanol–water partition coefficient (Wildman–Crippen LogP) is 3.25. The van der Waals surface area contributed by atoms with Crippen molar-refractivity contribution in [2.24, 2.45) is 5.73 Å². The molecule has 0 heterocycles. The summed E-state index contributed by atoms with van der Waals surface area (Å²) in [6.45, 7) is 6.72. The second kappa shape index (κ2) is 11.3. The Hall–Kier alpha value is -2.57. The number of aryl methyl sites for hydroxylation is 1. The van der Waals surface area contributed by atoms with Gasteiger partial charge in [0.1, 0.15) is 5.75 Å². The summed E-state index contributed by atoms with van der Waals surface area (Å²) >= 11 is 0. The molecule has 0 saturated heterocycles. The van der Waals surface area contributed by atoms with Gasteiger partial charge in [-0.3, -0.25) is 9.59 Å². The van der Waals surface area contributed by atoms with Crippen molar-refractivity contribution < 1.29 is 14.3 Å². The number of benzene rings is 2. The molecular weight excluding hydrogens is 378 g/mol. The third kappa shape index (κ3) is 6.55. The number of anilines is 1. The zero-order valence-electron chi connectivity index (χ0n) is 16.5. The minimum atomic E-state index is -0.328. The molecule has 6 nitrogen and oxygen atoms in total. The molecule has 0 aliphatic carbocycles. The van der Waals surface area contributed by atoms with Gasteiger partial charge in [-0.25, -0.2) is 0 Å². The number of para-hydroxylation sites is 1. The zero-order valence-corrected chi connectivity index (χ0v) is 17.3. The van der Waals surface area contributed by atoms with E-state index in [1.165, 1.54) is 0 Å². The van der Waals surface area contributed by atoms with Crippen molar-refractivity contribution in [1.29, 1.82) is 0 Å². The Morgan fingerprint density at radius 2 is 1.86 bits per heavy atom. The highest BCUT2D eigenvalue weighted by Gasteiger charge is 2.14. The van der Waals surface area contributed by atoms with Gasteiger partial charge in [-0.15, -0.1) is 12.4 Å². The Labute approximate surface area is 172 Å². The van der Waals surface area contributed by atoms with E-state index in [0.29, 0.717) is 30.1 Å². The maximum absolute atomic E-state index is 12.4. The lowest BCUT2D eigenvalue weighted by atomic mass is 10.0. The number of hydrogen-bond donors (Lipinski definition) is 3. The van der Waals surface area contributed by atoms with Crippen LogP contribution in [-0.4, -0.2) is 31.5 Å². The van der Waals surface area contributed by atoms with E-state index in [9.17, 15) is 9.59 Å². The number of hydrogen-bond acceptors (Lipinski definition) is 4. The maximum Gasteiger partial charge on any atom is 0.262 e. The lowest BCUT2D eigenvalue weighted by Crippen LogP contribution is -2.30. The summed E-state index contributed by atoms with van der Waals surface area (Å²) in [6.07, 6.45) is 0. The van der Waals surface area contributed by atoms with Crippen LogP contribution in [0.15, 0.2) is 42.5 Å². The van der Waals surface area contributed by atoms with E-state index in [1.807, 2.05) is 25.1 Å². The molecule has 0 fully saturated rings. The Bertz CT molecular complexity index is 809. The van der Waals surface area contributed by atoms with Gasteiger partial charge in [0.2, 0.25) is 0 Å². The highest BCUT2D eigenvalue weighted by molar-refractivity contribution is 6.04.